The number of aromatic nitrogens is 1. The number of fused-ring (bicyclic) bond motifs is 1. The molecule has 0 radical (unpaired) electrons. The number of carbonyl (C=O) groups excluding carboxylic acids is 1. The molecule has 0 unspecified atom stereocenters. The quantitative estimate of drug-likeness (QED) is 0.834. The highest BCUT2D eigenvalue weighted by Gasteiger charge is 2.35. The van der Waals surface area contributed by atoms with Crippen molar-refractivity contribution in [3.05, 3.63) is 22.2 Å². The predicted molar refractivity (Wildman–Crippen MR) is 92.7 cm³/mol. The molecule has 2 aromatic rings. The third-order valence-corrected chi connectivity index (χ3v) is 5.71. The number of amides is 1. The van der Waals surface area contributed by atoms with Gasteiger partial charge in [-0.25, -0.2) is 4.98 Å². The smallest absolute Gasteiger partial charge is 0.397 e. The van der Waals surface area contributed by atoms with Crippen molar-refractivity contribution in [3.8, 4) is 0 Å². The van der Waals surface area contributed by atoms with Gasteiger partial charge in [-0.3, -0.25) is 4.79 Å². The fourth-order valence-electron chi connectivity index (χ4n) is 3.34. The molecule has 3 N–H and O–H groups in total. The van der Waals surface area contributed by atoms with Gasteiger partial charge in [0.15, 0.2) is 0 Å². The Bertz CT molecular complexity index is 795. The third kappa shape index (κ3) is 3.73. The van der Waals surface area contributed by atoms with Crippen molar-refractivity contribution in [1.82, 2.24) is 10.3 Å². The van der Waals surface area contributed by atoms with Gasteiger partial charge in [-0.05, 0) is 31.7 Å². The Morgan fingerprint density at radius 2 is 2.04 bits per heavy atom. The van der Waals surface area contributed by atoms with E-state index < -0.39 is 17.6 Å². The van der Waals surface area contributed by atoms with Crippen LogP contribution >= 0.6 is 11.3 Å². The summed E-state index contributed by atoms with van der Waals surface area (Å²) < 4.78 is 39.9. The minimum absolute atomic E-state index is 0.106. The Morgan fingerprint density at radius 1 is 1.36 bits per heavy atom. The number of pyridine rings is 1. The van der Waals surface area contributed by atoms with Crippen LogP contribution in [0.25, 0.3) is 10.2 Å². The second-order valence-corrected chi connectivity index (χ2v) is 7.55. The number of thiophene rings is 1. The van der Waals surface area contributed by atoms with Crippen molar-refractivity contribution in [3.63, 3.8) is 0 Å². The maximum Gasteiger partial charge on any atom is 0.417 e. The van der Waals surface area contributed by atoms with Gasteiger partial charge in [0.25, 0.3) is 5.91 Å². The number of rotatable bonds is 3. The highest BCUT2D eigenvalue weighted by atomic mass is 32.1. The molecule has 1 aliphatic rings. The van der Waals surface area contributed by atoms with Crippen molar-refractivity contribution in [2.75, 3.05) is 12.3 Å². The van der Waals surface area contributed by atoms with Crippen LogP contribution in [-0.2, 0) is 6.18 Å². The number of anilines is 1. The van der Waals surface area contributed by atoms with Crippen molar-refractivity contribution in [2.24, 2.45) is 5.92 Å². The number of nitrogens with two attached hydrogens (primary N) is 1. The number of nitrogens with zero attached hydrogens (tertiary/aromatic N) is 1. The van der Waals surface area contributed by atoms with Crippen LogP contribution in [0.15, 0.2) is 6.07 Å². The van der Waals surface area contributed by atoms with Gasteiger partial charge >= 0.3 is 6.18 Å². The van der Waals surface area contributed by atoms with Crippen LogP contribution in [-0.4, -0.2) is 17.4 Å². The molecular formula is C17H20F3N3OS. The lowest BCUT2D eigenvalue weighted by Crippen LogP contribution is -2.30. The Morgan fingerprint density at radius 3 is 2.68 bits per heavy atom. The number of hydrogen-bond donors (Lipinski definition) is 2. The topological polar surface area (TPSA) is 68.0 Å². The van der Waals surface area contributed by atoms with Crippen LogP contribution in [0.2, 0.25) is 0 Å². The van der Waals surface area contributed by atoms with Gasteiger partial charge in [0.05, 0.1) is 11.3 Å². The summed E-state index contributed by atoms with van der Waals surface area (Å²) in [5.41, 5.74) is 5.18. The number of nitrogen functional groups attached to an aromatic ring is 1. The molecule has 25 heavy (non-hydrogen) atoms. The average molecular weight is 371 g/mol. The summed E-state index contributed by atoms with van der Waals surface area (Å²) in [5.74, 6) is 0.0104. The van der Waals surface area contributed by atoms with E-state index in [0.29, 0.717) is 12.5 Å². The van der Waals surface area contributed by atoms with E-state index in [9.17, 15) is 18.0 Å². The molecule has 0 aliphatic heterocycles. The van der Waals surface area contributed by atoms with Crippen molar-refractivity contribution >= 4 is 33.1 Å². The fourth-order valence-corrected chi connectivity index (χ4v) is 4.43. The maximum absolute atomic E-state index is 13.3. The molecule has 0 bridgehead atoms. The molecule has 1 saturated carbocycles. The molecule has 0 saturated heterocycles. The zero-order valence-electron chi connectivity index (χ0n) is 13.9. The molecule has 3 rings (SSSR count). The van der Waals surface area contributed by atoms with Crippen LogP contribution in [0.5, 0.6) is 0 Å². The summed E-state index contributed by atoms with van der Waals surface area (Å²) in [7, 11) is 0. The van der Waals surface area contributed by atoms with Crippen molar-refractivity contribution in [1.29, 1.82) is 0 Å². The number of alkyl halides is 3. The van der Waals surface area contributed by atoms with E-state index >= 15 is 0 Å². The van der Waals surface area contributed by atoms with Gasteiger partial charge in [0.1, 0.15) is 9.71 Å². The zero-order chi connectivity index (χ0) is 18.2. The number of carbonyl (C=O) groups is 1. The van der Waals surface area contributed by atoms with E-state index in [0.717, 1.165) is 43.1 Å². The van der Waals surface area contributed by atoms with Gasteiger partial charge in [-0.2, -0.15) is 13.2 Å². The number of halogens is 3. The Hall–Kier alpha value is -1.83. The average Bonchev–Trinajstić information content (AvgIpc) is 2.88. The molecule has 0 atom stereocenters. The monoisotopic (exact) mass is 371 g/mol. The van der Waals surface area contributed by atoms with Crippen molar-refractivity contribution < 1.29 is 18.0 Å². The second-order valence-electron chi connectivity index (χ2n) is 6.55. The molecule has 1 amide bonds. The summed E-state index contributed by atoms with van der Waals surface area (Å²) in [4.78, 5) is 16.8. The lowest BCUT2D eigenvalue weighted by Gasteiger charge is -2.21. The van der Waals surface area contributed by atoms with Crippen LogP contribution in [0.3, 0.4) is 0 Å². The Balaban J connectivity index is 1.89. The van der Waals surface area contributed by atoms with E-state index in [1.165, 1.54) is 13.3 Å². The molecule has 4 nitrogen and oxygen atoms in total. The van der Waals surface area contributed by atoms with Gasteiger partial charge in [-0.15, -0.1) is 11.3 Å². The summed E-state index contributed by atoms with van der Waals surface area (Å²) in [6.45, 7) is 2.03. The molecule has 8 heteroatoms. The maximum atomic E-state index is 13.3. The SMILES string of the molecule is Cc1cc(C(F)(F)F)c2c(N)c(C(=O)NCC3CCCCC3)sc2n1. The lowest BCUT2D eigenvalue weighted by atomic mass is 9.89. The standard InChI is InChI=1S/C17H20F3N3OS/c1-9-7-11(17(18,19)20)12-13(21)14(25-16(12)23-9)15(24)22-8-10-5-3-2-4-6-10/h7,10H,2-6,8,21H2,1H3,(H,22,24). The Kier molecular flexibility index (Phi) is 4.90. The highest BCUT2D eigenvalue weighted by Crippen LogP contribution is 2.42. The molecule has 136 valence electrons. The number of hydrogen-bond acceptors (Lipinski definition) is 4. The van der Waals surface area contributed by atoms with E-state index in [4.69, 9.17) is 5.73 Å². The van der Waals surface area contributed by atoms with E-state index in [-0.39, 0.29) is 26.5 Å². The molecule has 1 fully saturated rings. The second kappa shape index (κ2) is 6.82. The highest BCUT2D eigenvalue weighted by molar-refractivity contribution is 7.21. The van der Waals surface area contributed by atoms with E-state index in [1.807, 2.05) is 0 Å². The first kappa shape index (κ1) is 18.0. The van der Waals surface area contributed by atoms with Crippen molar-refractivity contribution in [2.45, 2.75) is 45.2 Å². The molecule has 1 aliphatic carbocycles. The summed E-state index contributed by atoms with van der Waals surface area (Å²) in [5, 5.41) is 2.65. The molecule has 2 heterocycles. The molecular weight excluding hydrogens is 351 g/mol. The van der Waals surface area contributed by atoms with Crippen LogP contribution in [0, 0.1) is 12.8 Å². The Labute approximate surface area is 147 Å². The van der Waals surface area contributed by atoms with Gasteiger partial charge in [0, 0.05) is 17.6 Å². The molecule has 0 spiro atoms. The number of aryl methyl sites for hydroxylation is 1. The first-order valence-electron chi connectivity index (χ1n) is 8.32. The molecule has 0 aromatic carbocycles. The minimum atomic E-state index is -4.54. The van der Waals surface area contributed by atoms with Crippen LogP contribution < -0.4 is 11.1 Å². The summed E-state index contributed by atoms with van der Waals surface area (Å²) in [6.07, 6.45) is 1.13. The number of nitrogens with one attached hydrogen (secondary N) is 1. The van der Waals surface area contributed by atoms with E-state index in [2.05, 4.69) is 10.3 Å². The van der Waals surface area contributed by atoms with Gasteiger partial charge < -0.3 is 11.1 Å². The summed E-state index contributed by atoms with van der Waals surface area (Å²) >= 11 is 0.915. The first-order chi connectivity index (χ1) is 11.8. The minimum Gasteiger partial charge on any atom is -0.397 e. The summed E-state index contributed by atoms with van der Waals surface area (Å²) in [6, 6.07) is 0.967. The molecule has 2 aromatic heterocycles. The lowest BCUT2D eigenvalue weighted by molar-refractivity contribution is -0.136. The predicted octanol–water partition coefficient (Wildman–Crippen LogP) is 4.52. The largest absolute Gasteiger partial charge is 0.417 e. The fraction of sp³-hybridized carbons (Fsp3) is 0.529. The van der Waals surface area contributed by atoms with Crippen LogP contribution in [0.4, 0.5) is 18.9 Å². The third-order valence-electron chi connectivity index (χ3n) is 4.61. The van der Waals surface area contributed by atoms with Crippen LogP contribution in [0.1, 0.15) is 53.0 Å². The van der Waals surface area contributed by atoms with Gasteiger partial charge in [-0.1, -0.05) is 19.3 Å². The normalized spacial score (nSPS) is 16.3. The van der Waals surface area contributed by atoms with Gasteiger partial charge in [0.2, 0.25) is 0 Å². The first-order valence-corrected chi connectivity index (χ1v) is 9.14. The van der Waals surface area contributed by atoms with E-state index in [1.54, 1.807) is 0 Å². The zero-order valence-corrected chi connectivity index (χ0v) is 14.7.